The van der Waals surface area contributed by atoms with E-state index in [1.54, 1.807) is 35.3 Å². The van der Waals surface area contributed by atoms with Crippen LogP contribution >= 0.6 is 34.9 Å². The van der Waals surface area contributed by atoms with Crippen molar-refractivity contribution in [2.24, 2.45) is 4.99 Å². The summed E-state index contributed by atoms with van der Waals surface area (Å²) in [5.41, 5.74) is 5.41. The number of hydrogen-bond acceptors (Lipinski definition) is 6. The fourth-order valence-corrected chi connectivity index (χ4v) is 5.94. The Bertz CT molecular complexity index is 1040. The number of thiazole rings is 1. The second-order valence-corrected chi connectivity index (χ2v) is 9.60. The molecule has 0 atom stereocenters. The van der Waals surface area contributed by atoms with Gasteiger partial charge in [0.15, 0.2) is 5.13 Å². The van der Waals surface area contributed by atoms with Crippen LogP contribution in [0.4, 0.5) is 16.5 Å². The molecule has 7 heteroatoms. The van der Waals surface area contributed by atoms with Crippen molar-refractivity contribution in [3.05, 3.63) is 70.7 Å². The van der Waals surface area contributed by atoms with Gasteiger partial charge >= 0.3 is 0 Å². The van der Waals surface area contributed by atoms with E-state index in [2.05, 4.69) is 37.3 Å². The molecule has 1 aromatic heterocycles. The quantitative estimate of drug-likeness (QED) is 0.452. The Morgan fingerprint density at radius 3 is 2.72 bits per heavy atom. The molecule has 0 saturated carbocycles. The molecule has 2 heterocycles. The second-order valence-electron chi connectivity index (χ2n) is 6.58. The summed E-state index contributed by atoms with van der Waals surface area (Å²) in [5, 5.41) is 2.74. The van der Waals surface area contributed by atoms with E-state index in [9.17, 15) is 4.79 Å². The third-order valence-corrected chi connectivity index (χ3v) is 7.70. The summed E-state index contributed by atoms with van der Waals surface area (Å²) in [6, 6.07) is 16.4. The molecule has 0 spiro atoms. The molecule has 0 fully saturated rings. The van der Waals surface area contributed by atoms with Crippen LogP contribution in [0.1, 0.15) is 30.7 Å². The van der Waals surface area contributed by atoms with E-state index in [0.29, 0.717) is 5.13 Å². The highest BCUT2D eigenvalue weighted by molar-refractivity contribution is 8.38. The first-order chi connectivity index (χ1) is 14.1. The van der Waals surface area contributed by atoms with E-state index in [1.165, 1.54) is 22.5 Å². The normalized spacial score (nSPS) is 13.0. The van der Waals surface area contributed by atoms with Gasteiger partial charge in [0.2, 0.25) is 5.91 Å². The van der Waals surface area contributed by atoms with Crippen molar-refractivity contribution in [3.8, 4) is 0 Å². The number of aromatic nitrogens is 1. The number of carbonyl (C=O) groups is 1. The molecule has 0 bridgehead atoms. The summed E-state index contributed by atoms with van der Waals surface area (Å²) >= 11 is 4.97. The summed E-state index contributed by atoms with van der Waals surface area (Å²) < 4.78 is 1.07. The minimum atomic E-state index is -0.0355. The monoisotopic (exact) mass is 439 g/mol. The van der Waals surface area contributed by atoms with Crippen LogP contribution in [0.3, 0.4) is 0 Å². The molecule has 0 N–H and O–H groups in total. The van der Waals surface area contributed by atoms with E-state index >= 15 is 0 Å². The molecule has 2 aromatic carbocycles. The Kier molecular flexibility index (Phi) is 6.37. The lowest BCUT2D eigenvalue weighted by molar-refractivity contribution is -0.115. The van der Waals surface area contributed by atoms with E-state index in [1.807, 2.05) is 23.6 Å². The van der Waals surface area contributed by atoms with Crippen LogP contribution in [0.2, 0.25) is 0 Å². The number of aliphatic imine (C=N–C) groups is 1. The van der Waals surface area contributed by atoms with Crippen LogP contribution in [0, 0.1) is 0 Å². The van der Waals surface area contributed by atoms with Gasteiger partial charge in [-0.05, 0) is 35.7 Å². The molecule has 1 amide bonds. The maximum Gasteiger partial charge on any atom is 0.230 e. The summed E-state index contributed by atoms with van der Waals surface area (Å²) in [6.45, 7) is 3.70. The number of carbonyl (C=O) groups excluding carboxylic acids is 1. The summed E-state index contributed by atoms with van der Waals surface area (Å²) in [4.78, 5) is 23.4. The highest BCUT2D eigenvalue weighted by atomic mass is 32.2. The Morgan fingerprint density at radius 1 is 1.17 bits per heavy atom. The molecular weight excluding hydrogens is 418 g/mol. The molecule has 148 valence electrons. The smallest absolute Gasteiger partial charge is 0.230 e. The molecule has 3 aromatic rings. The predicted molar refractivity (Wildman–Crippen MR) is 127 cm³/mol. The maximum absolute atomic E-state index is 12.3. The van der Waals surface area contributed by atoms with Crippen LogP contribution in [-0.2, 0) is 22.7 Å². The summed E-state index contributed by atoms with van der Waals surface area (Å²) in [5.74, 6) is 1.66. The second kappa shape index (κ2) is 9.15. The number of rotatable bonds is 5. The minimum absolute atomic E-state index is 0.0355. The molecule has 4 rings (SSSR count). The van der Waals surface area contributed by atoms with E-state index in [0.717, 1.165) is 39.4 Å². The van der Waals surface area contributed by atoms with Crippen LogP contribution in [-0.4, -0.2) is 15.3 Å². The molecule has 1 aliphatic rings. The molecule has 0 aliphatic carbocycles. The SMILES string of the molecule is CCc1ccc(N(C(C)=O)c2nc(CSC3=Nc4ccccc4CS3)cs2)cc1. The lowest BCUT2D eigenvalue weighted by atomic mass is 10.1. The number of aryl methyl sites for hydroxylation is 1. The number of para-hydroxylation sites is 1. The standard InChI is InChI=1S/C22H21N3OS3/c1-3-16-8-10-19(11-9-16)25(15(2)26)21-23-18(13-27-21)14-29-22-24-20-7-5-4-6-17(20)12-28-22/h4-11,13H,3,12,14H2,1-2H3. The average molecular weight is 440 g/mol. The Hall–Kier alpha value is -2.09. The van der Waals surface area contributed by atoms with Crippen molar-refractivity contribution in [1.29, 1.82) is 0 Å². The Morgan fingerprint density at radius 2 is 1.97 bits per heavy atom. The largest absolute Gasteiger partial charge is 0.274 e. The van der Waals surface area contributed by atoms with Gasteiger partial charge in [-0.3, -0.25) is 9.69 Å². The van der Waals surface area contributed by atoms with Gasteiger partial charge in [-0.15, -0.1) is 11.3 Å². The topological polar surface area (TPSA) is 45.6 Å². The number of thioether (sulfide) groups is 2. The Labute approximate surface area is 183 Å². The van der Waals surface area contributed by atoms with Gasteiger partial charge in [0, 0.05) is 23.8 Å². The fourth-order valence-electron chi connectivity index (χ4n) is 2.99. The molecule has 29 heavy (non-hydrogen) atoms. The van der Waals surface area contributed by atoms with Crippen molar-refractivity contribution in [3.63, 3.8) is 0 Å². The molecule has 0 unspecified atom stereocenters. The molecular formula is C22H21N3OS3. The van der Waals surface area contributed by atoms with E-state index < -0.39 is 0 Å². The molecule has 0 saturated heterocycles. The number of benzene rings is 2. The third kappa shape index (κ3) is 4.74. The summed E-state index contributed by atoms with van der Waals surface area (Å²) in [6.07, 6.45) is 0.978. The van der Waals surface area contributed by atoms with Gasteiger partial charge in [-0.1, -0.05) is 60.8 Å². The van der Waals surface area contributed by atoms with Crippen LogP contribution < -0.4 is 4.90 Å². The zero-order valence-corrected chi connectivity index (χ0v) is 18.7. The fraction of sp³-hybridized carbons (Fsp3) is 0.227. The zero-order chi connectivity index (χ0) is 20.2. The van der Waals surface area contributed by atoms with Crippen LogP contribution in [0.15, 0.2) is 58.9 Å². The van der Waals surface area contributed by atoms with Crippen molar-refractivity contribution in [1.82, 2.24) is 4.98 Å². The number of anilines is 2. The minimum Gasteiger partial charge on any atom is -0.274 e. The molecule has 4 nitrogen and oxygen atoms in total. The predicted octanol–water partition coefficient (Wildman–Crippen LogP) is 6.56. The lowest BCUT2D eigenvalue weighted by Gasteiger charge is -2.18. The number of hydrogen-bond donors (Lipinski definition) is 0. The van der Waals surface area contributed by atoms with Crippen LogP contribution in [0.5, 0.6) is 0 Å². The van der Waals surface area contributed by atoms with Gasteiger partial charge in [0.25, 0.3) is 0 Å². The van der Waals surface area contributed by atoms with Crippen molar-refractivity contribution < 1.29 is 4.79 Å². The first kappa shape index (κ1) is 20.2. The lowest BCUT2D eigenvalue weighted by Crippen LogP contribution is -2.22. The van der Waals surface area contributed by atoms with E-state index in [4.69, 9.17) is 9.98 Å². The summed E-state index contributed by atoms with van der Waals surface area (Å²) in [7, 11) is 0. The van der Waals surface area contributed by atoms with Crippen LogP contribution in [0.25, 0.3) is 0 Å². The zero-order valence-electron chi connectivity index (χ0n) is 16.3. The van der Waals surface area contributed by atoms with Gasteiger partial charge in [-0.25, -0.2) is 9.98 Å². The highest BCUT2D eigenvalue weighted by Crippen LogP contribution is 2.36. The number of fused-ring (bicyclic) bond motifs is 1. The highest BCUT2D eigenvalue weighted by Gasteiger charge is 2.19. The van der Waals surface area contributed by atoms with Gasteiger partial charge in [0.1, 0.15) is 4.38 Å². The first-order valence-electron chi connectivity index (χ1n) is 9.40. The van der Waals surface area contributed by atoms with E-state index in [-0.39, 0.29) is 5.91 Å². The maximum atomic E-state index is 12.3. The van der Waals surface area contributed by atoms with Crippen molar-refractivity contribution >= 4 is 61.6 Å². The molecule has 0 radical (unpaired) electrons. The van der Waals surface area contributed by atoms with Gasteiger partial charge in [-0.2, -0.15) is 0 Å². The number of amides is 1. The van der Waals surface area contributed by atoms with Gasteiger partial charge in [0.05, 0.1) is 17.1 Å². The first-order valence-corrected chi connectivity index (χ1v) is 12.3. The van der Waals surface area contributed by atoms with Crippen molar-refractivity contribution in [2.75, 3.05) is 4.90 Å². The average Bonchev–Trinajstić information content (AvgIpc) is 3.21. The molecule has 1 aliphatic heterocycles. The third-order valence-electron chi connectivity index (χ3n) is 4.55. The Balaban J connectivity index is 1.47. The van der Waals surface area contributed by atoms with Crippen molar-refractivity contribution in [2.45, 2.75) is 31.8 Å². The van der Waals surface area contributed by atoms with Gasteiger partial charge < -0.3 is 0 Å². The number of nitrogens with zero attached hydrogens (tertiary/aromatic N) is 3.